The Morgan fingerprint density at radius 3 is 2.20 bits per heavy atom. The highest BCUT2D eigenvalue weighted by Gasteiger charge is 1.92. The number of hydrogen-bond acceptors (Lipinski definition) is 2. The van der Waals surface area contributed by atoms with Gasteiger partial charge in [0, 0.05) is 5.71 Å². The lowest BCUT2D eigenvalue weighted by atomic mass is 10.1. The van der Waals surface area contributed by atoms with E-state index in [0.29, 0.717) is 5.71 Å². The Hall–Kier alpha value is -1.31. The molecule has 2 N–H and O–H groups in total. The van der Waals surface area contributed by atoms with E-state index in [-0.39, 0.29) is 5.75 Å². The van der Waals surface area contributed by atoms with E-state index in [9.17, 15) is 0 Å². The minimum Gasteiger partial charge on any atom is -0.508 e. The summed E-state index contributed by atoms with van der Waals surface area (Å²) in [5.41, 5.74) is 1.36. The molecule has 0 aliphatic rings. The number of phenolic OH excluding ortho intramolecular Hbond substituents is 1. The summed E-state index contributed by atoms with van der Waals surface area (Å²) < 4.78 is 0. The van der Waals surface area contributed by atoms with Crippen molar-refractivity contribution in [3.8, 4) is 5.75 Å². The predicted octanol–water partition coefficient (Wildman–Crippen LogP) is 1.78. The van der Waals surface area contributed by atoms with Gasteiger partial charge in [0.2, 0.25) is 0 Å². The van der Waals surface area contributed by atoms with Gasteiger partial charge in [-0.15, -0.1) is 0 Å². The van der Waals surface area contributed by atoms with Crippen LogP contribution in [0.3, 0.4) is 0 Å². The van der Waals surface area contributed by atoms with Gasteiger partial charge in [0.15, 0.2) is 0 Å². The smallest absolute Gasteiger partial charge is 0.115 e. The van der Waals surface area contributed by atoms with Crippen molar-refractivity contribution >= 4 is 5.71 Å². The first-order valence-electron chi connectivity index (χ1n) is 3.04. The van der Waals surface area contributed by atoms with E-state index >= 15 is 0 Å². The highest BCUT2D eigenvalue weighted by molar-refractivity contribution is 5.96. The number of rotatable bonds is 1. The third-order valence-electron chi connectivity index (χ3n) is 1.30. The summed E-state index contributed by atoms with van der Waals surface area (Å²) >= 11 is 0. The summed E-state index contributed by atoms with van der Waals surface area (Å²) in [6, 6.07) is 6.59. The summed E-state index contributed by atoms with van der Waals surface area (Å²) in [7, 11) is 0. The van der Waals surface area contributed by atoms with Crippen LogP contribution in [0.25, 0.3) is 0 Å². The lowest BCUT2D eigenvalue weighted by molar-refractivity contribution is 0.475. The molecule has 1 aromatic rings. The second-order valence-electron chi connectivity index (χ2n) is 2.17. The van der Waals surface area contributed by atoms with E-state index in [0.717, 1.165) is 5.56 Å². The maximum atomic E-state index is 8.87. The van der Waals surface area contributed by atoms with Crippen LogP contribution < -0.4 is 0 Å². The van der Waals surface area contributed by atoms with Gasteiger partial charge in [0.1, 0.15) is 5.75 Å². The first kappa shape index (κ1) is 6.81. The van der Waals surface area contributed by atoms with Gasteiger partial charge < -0.3 is 10.5 Å². The summed E-state index contributed by atoms with van der Waals surface area (Å²) in [6.07, 6.45) is 0. The molecule has 1 aromatic carbocycles. The van der Waals surface area contributed by atoms with Crippen LogP contribution in [0.4, 0.5) is 0 Å². The quantitative estimate of drug-likeness (QED) is 0.566. The topological polar surface area (TPSA) is 44.1 Å². The normalized spacial score (nSPS) is 9.30. The van der Waals surface area contributed by atoms with Crippen LogP contribution in [0, 0.1) is 5.41 Å². The van der Waals surface area contributed by atoms with Gasteiger partial charge in [0.05, 0.1) is 0 Å². The Morgan fingerprint density at radius 2 is 1.80 bits per heavy atom. The molecule has 0 fully saturated rings. The lowest BCUT2D eigenvalue weighted by Gasteiger charge is -1.95. The number of phenols is 1. The van der Waals surface area contributed by atoms with Gasteiger partial charge in [-0.2, -0.15) is 0 Å². The number of benzene rings is 1. The lowest BCUT2D eigenvalue weighted by Crippen LogP contribution is -1.89. The van der Waals surface area contributed by atoms with Crippen LogP contribution in [-0.4, -0.2) is 10.8 Å². The molecule has 2 heteroatoms. The van der Waals surface area contributed by atoms with Crippen molar-refractivity contribution in [1.82, 2.24) is 0 Å². The molecule has 0 aromatic heterocycles. The summed E-state index contributed by atoms with van der Waals surface area (Å²) in [5, 5.41) is 16.1. The Kier molecular flexibility index (Phi) is 1.71. The van der Waals surface area contributed by atoms with Gasteiger partial charge in [0.25, 0.3) is 0 Å². The zero-order chi connectivity index (χ0) is 7.56. The van der Waals surface area contributed by atoms with Crippen molar-refractivity contribution in [2.45, 2.75) is 6.92 Å². The molecule has 0 saturated heterocycles. The van der Waals surface area contributed by atoms with Crippen molar-refractivity contribution < 1.29 is 5.11 Å². The molecule has 0 heterocycles. The SMILES string of the molecule is CC(=N)c1ccc(O)cc1. The van der Waals surface area contributed by atoms with E-state index < -0.39 is 0 Å². The average molecular weight is 135 g/mol. The molecule has 0 bridgehead atoms. The van der Waals surface area contributed by atoms with E-state index in [2.05, 4.69) is 0 Å². The van der Waals surface area contributed by atoms with E-state index in [1.807, 2.05) is 0 Å². The number of aromatic hydroxyl groups is 1. The largest absolute Gasteiger partial charge is 0.508 e. The summed E-state index contributed by atoms with van der Waals surface area (Å²) in [5.74, 6) is 0.241. The van der Waals surface area contributed by atoms with Crippen LogP contribution in [-0.2, 0) is 0 Å². The van der Waals surface area contributed by atoms with Gasteiger partial charge in [-0.25, -0.2) is 0 Å². The summed E-state index contributed by atoms with van der Waals surface area (Å²) in [4.78, 5) is 0. The minimum atomic E-state index is 0.241. The highest BCUT2D eigenvalue weighted by Crippen LogP contribution is 2.09. The molecule has 0 unspecified atom stereocenters. The minimum absolute atomic E-state index is 0.241. The van der Waals surface area contributed by atoms with Crippen LogP contribution >= 0.6 is 0 Å². The van der Waals surface area contributed by atoms with E-state index in [1.54, 1.807) is 31.2 Å². The fourth-order valence-electron chi connectivity index (χ4n) is 0.711. The Bertz CT molecular complexity index is 238. The molecular formula is C8H9NO. The fraction of sp³-hybridized carbons (Fsp3) is 0.125. The second kappa shape index (κ2) is 2.52. The van der Waals surface area contributed by atoms with E-state index in [4.69, 9.17) is 10.5 Å². The monoisotopic (exact) mass is 135 g/mol. The summed E-state index contributed by atoms with van der Waals surface area (Å²) in [6.45, 7) is 1.71. The van der Waals surface area contributed by atoms with Crippen LogP contribution in [0.2, 0.25) is 0 Å². The molecule has 2 nitrogen and oxygen atoms in total. The third kappa shape index (κ3) is 1.35. The Morgan fingerprint density at radius 1 is 1.30 bits per heavy atom. The molecule has 1 rings (SSSR count). The maximum Gasteiger partial charge on any atom is 0.115 e. The highest BCUT2D eigenvalue weighted by atomic mass is 16.3. The van der Waals surface area contributed by atoms with Crippen molar-refractivity contribution in [3.05, 3.63) is 29.8 Å². The third-order valence-corrected chi connectivity index (χ3v) is 1.30. The molecule has 0 aliphatic heterocycles. The maximum absolute atomic E-state index is 8.87. The average Bonchev–Trinajstić information content (AvgIpc) is 1.88. The standard InChI is InChI=1S/C8H9NO/c1-6(9)7-2-4-8(10)5-3-7/h2-5,9-10H,1H3. The molecular weight excluding hydrogens is 126 g/mol. The van der Waals surface area contributed by atoms with E-state index in [1.165, 1.54) is 0 Å². The zero-order valence-corrected chi connectivity index (χ0v) is 5.76. The second-order valence-corrected chi connectivity index (χ2v) is 2.17. The molecule has 0 aliphatic carbocycles. The molecule has 10 heavy (non-hydrogen) atoms. The first-order valence-corrected chi connectivity index (χ1v) is 3.04. The van der Waals surface area contributed by atoms with Crippen molar-refractivity contribution in [2.24, 2.45) is 0 Å². The predicted molar refractivity (Wildman–Crippen MR) is 40.6 cm³/mol. The molecule has 0 radical (unpaired) electrons. The van der Waals surface area contributed by atoms with Crippen molar-refractivity contribution in [2.75, 3.05) is 0 Å². The van der Waals surface area contributed by atoms with Crippen LogP contribution in [0.15, 0.2) is 24.3 Å². The van der Waals surface area contributed by atoms with Gasteiger partial charge in [-0.3, -0.25) is 0 Å². The molecule has 0 amide bonds. The zero-order valence-electron chi connectivity index (χ0n) is 5.76. The fourth-order valence-corrected chi connectivity index (χ4v) is 0.711. The van der Waals surface area contributed by atoms with Crippen LogP contribution in [0.5, 0.6) is 5.75 Å². The molecule has 0 spiro atoms. The van der Waals surface area contributed by atoms with Gasteiger partial charge >= 0.3 is 0 Å². The van der Waals surface area contributed by atoms with Gasteiger partial charge in [-0.05, 0) is 36.8 Å². The van der Waals surface area contributed by atoms with Gasteiger partial charge in [-0.1, -0.05) is 0 Å². The molecule has 0 atom stereocenters. The molecule has 52 valence electrons. The number of hydrogen-bond donors (Lipinski definition) is 2. The number of nitrogens with one attached hydrogen (secondary N) is 1. The van der Waals surface area contributed by atoms with Crippen LogP contribution in [0.1, 0.15) is 12.5 Å². The Labute approximate surface area is 59.6 Å². The van der Waals surface area contributed by atoms with Crippen molar-refractivity contribution in [1.29, 1.82) is 5.41 Å². The first-order chi connectivity index (χ1) is 4.70. The van der Waals surface area contributed by atoms with Crippen molar-refractivity contribution in [3.63, 3.8) is 0 Å². The molecule has 0 saturated carbocycles. The Balaban J connectivity index is 3.00.